The fourth-order valence-corrected chi connectivity index (χ4v) is 10.1. The number of phenolic OH excluding ortho intramolecular Hbond substituents is 2. The average Bonchev–Trinajstić information content (AvgIpc) is 3.39. The van der Waals surface area contributed by atoms with E-state index < -0.39 is 185 Å². The van der Waals surface area contributed by atoms with Crippen LogP contribution in [0, 0.1) is 6.92 Å². The van der Waals surface area contributed by atoms with Crippen LogP contribution in [-0.4, -0.2) is 163 Å². The number of aryl methyl sites for hydroxylation is 1. The third-order valence-electron chi connectivity index (χ3n) is 13.1. The normalized spacial score (nSPS) is 25.0. The molecule has 3 aromatic rings. The van der Waals surface area contributed by atoms with Gasteiger partial charge in [-0.25, -0.2) is 9.79 Å². The van der Waals surface area contributed by atoms with Gasteiger partial charge in [-0.15, -0.1) is 0 Å². The molecule has 0 unspecified atom stereocenters. The molecule has 0 saturated carbocycles. The molecule has 2 aliphatic carbocycles. The molecule has 3 aromatic carbocycles. The summed E-state index contributed by atoms with van der Waals surface area (Å²) in [5.41, 5.74) is -3.39. The first-order valence-electron chi connectivity index (χ1n) is 24.8. The molecule has 3 N–H and O–H groups in total. The van der Waals surface area contributed by atoms with Gasteiger partial charge in [-0.3, -0.25) is 43.2 Å². The van der Waals surface area contributed by atoms with E-state index in [1.54, 1.807) is 0 Å². The van der Waals surface area contributed by atoms with Crippen LogP contribution in [0.25, 0.3) is 11.1 Å². The monoisotopic (exact) mass is 1140 g/mol. The van der Waals surface area contributed by atoms with Crippen molar-refractivity contribution < 1.29 is 125 Å². The van der Waals surface area contributed by atoms with E-state index in [2.05, 4.69) is 4.99 Å². The first kappa shape index (κ1) is 60.1. The molecule has 27 heteroatoms. The predicted molar refractivity (Wildman–Crippen MR) is 267 cm³/mol. The highest BCUT2D eigenvalue weighted by atomic mass is 16.8. The van der Waals surface area contributed by atoms with Crippen molar-refractivity contribution in [3.8, 4) is 34.1 Å². The van der Waals surface area contributed by atoms with Crippen LogP contribution in [0.5, 0.6) is 23.0 Å². The van der Waals surface area contributed by atoms with Crippen LogP contribution in [0.4, 0.5) is 0 Å². The van der Waals surface area contributed by atoms with Crippen LogP contribution < -0.4 is 9.47 Å². The van der Waals surface area contributed by atoms with E-state index in [4.69, 9.17) is 61.6 Å². The van der Waals surface area contributed by atoms with Gasteiger partial charge < -0.3 is 76.9 Å². The number of fused-ring (bicyclic) bond motifs is 5. The van der Waals surface area contributed by atoms with Gasteiger partial charge in [0.05, 0.1) is 43.6 Å². The summed E-state index contributed by atoms with van der Waals surface area (Å²) in [6, 6.07) is 3.19. The number of hydrogen-bond donors (Lipinski definition) is 3. The Balaban J connectivity index is 1.51. The predicted octanol–water partition coefficient (Wildman–Crippen LogP) is 3.47. The molecule has 7 rings (SSSR count). The van der Waals surface area contributed by atoms with Gasteiger partial charge in [-0.2, -0.15) is 0 Å². The zero-order valence-electron chi connectivity index (χ0n) is 45.6. The van der Waals surface area contributed by atoms with Crippen molar-refractivity contribution in [1.82, 2.24) is 0 Å². The number of methoxy groups -OCH3 is 2. The Bertz CT molecular complexity index is 3160. The van der Waals surface area contributed by atoms with Gasteiger partial charge in [0.1, 0.15) is 35.5 Å². The van der Waals surface area contributed by atoms with Crippen LogP contribution in [-0.2, 0) is 90.5 Å². The SMILES string of the molecule is COC(=N[C@H](C)C(=O)O)c1c(C)cc2c(c1OC(C)=O)-c1c(cc3c(c1O)C(=O)c1cc(OC)cc(O)c1C3=O)[C@H](OC(C)=O)[C@H]2O[C@@H]1O[C@H](C)[C@H](OC(C)=O)[C@H](O[C@@H]2OC[C@@H](OC(C)=O)[C@H](OC(C)=O)[C@H]2OC(C)=O)[C@H]1OC(C)=O. The summed E-state index contributed by atoms with van der Waals surface area (Å²) in [5.74, 6) is -12.7. The van der Waals surface area contributed by atoms with Gasteiger partial charge in [0, 0.05) is 82.3 Å². The van der Waals surface area contributed by atoms with Crippen LogP contribution in [0.3, 0.4) is 0 Å². The second-order valence-electron chi connectivity index (χ2n) is 19.0. The van der Waals surface area contributed by atoms with E-state index in [-0.39, 0.29) is 39.1 Å². The third kappa shape index (κ3) is 12.2. The molecule has 27 nitrogen and oxygen atoms in total. The summed E-state index contributed by atoms with van der Waals surface area (Å²) in [5, 5.41) is 33.8. The summed E-state index contributed by atoms with van der Waals surface area (Å²) in [4.78, 5) is 136. The standard InChI is InChI=1S/C54H57NO26/c1-18-13-31-38(47(77-25(8)60)35(18)51(70-12)55-19(2)52(67)68)37-32(16-30-39(42(37)66)41(65)29-14-28(69-11)15-33(63)36(29)40(30)64)44(75-23(6)58)45(31)80-54-50(79-27(10)62)48(43(20(3)72-54)74-22(5)57)81-53-49(78-26(9)61)46(76-24(7)59)34(17-71-53)73-21(4)56/h13-16,19-20,34,43-46,48-50,53-54,63,66H,17H2,1-12H3,(H,67,68)/t19-,20-,34-,43+,44+,45+,46+,48+,49-,50-,53+,54+/m1/s1. The fraction of sp³-hybridized carbons (Fsp3) is 0.463. The molecule has 0 amide bonds. The van der Waals surface area contributed by atoms with Crippen LogP contribution >= 0.6 is 0 Å². The number of hydrogen-bond acceptors (Lipinski definition) is 26. The number of esters is 7. The zero-order chi connectivity index (χ0) is 59.8. The molecular formula is C54H57NO26. The number of carboxylic acids is 1. The Morgan fingerprint density at radius 3 is 1.72 bits per heavy atom. The molecule has 0 spiro atoms. The molecule has 0 radical (unpaired) electrons. The summed E-state index contributed by atoms with van der Waals surface area (Å²) in [6.07, 6.45) is -18.9. The van der Waals surface area contributed by atoms with Gasteiger partial charge in [-0.05, 0) is 44.0 Å². The number of nitrogens with zero attached hydrogens (tertiary/aromatic N) is 1. The molecule has 4 aliphatic rings. The van der Waals surface area contributed by atoms with Gasteiger partial charge >= 0.3 is 47.8 Å². The minimum Gasteiger partial charge on any atom is -0.507 e. The van der Waals surface area contributed by atoms with Crippen molar-refractivity contribution in [2.24, 2.45) is 4.99 Å². The highest BCUT2D eigenvalue weighted by Crippen LogP contribution is 2.58. The van der Waals surface area contributed by atoms with E-state index in [9.17, 15) is 63.3 Å². The summed E-state index contributed by atoms with van der Waals surface area (Å²) < 4.78 is 76.6. The van der Waals surface area contributed by atoms with Crippen molar-refractivity contribution in [3.05, 3.63) is 68.8 Å². The van der Waals surface area contributed by atoms with Gasteiger partial charge in [-0.1, -0.05) is 6.07 Å². The molecule has 12 atom stereocenters. The quantitative estimate of drug-likeness (QED) is 0.0504. The van der Waals surface area contributed by atoms with Gasteiger partial charge in [0.2, 0.25) is 5.90 Å². The van der Waals surface area contributed by atoms with Crippen molar-refractivity contribution in [2.75, 3.05) is 20.8 Å². The number of ether oxygens (including phenoxy) is 13. The zero-order valence-corrected chi connectivity index (χ0v) is 45.6. The number of ketones is 2. The average molecular weight is 1140 g/mol. The number of aliphatic carboxylic acids is 1. The van der Waals surface area contributed by atoms with E-state index in [0.29, 0.717) is 0 Å². The van der Waals surface area contributed by atoms with E-state index in [1.807, 2.05) is 0 Å². The summed E-state index contributed by atoms with van der Waals surface area (Å²) >= 11 is 0. The molecule has 0 aromatic heterocycles. The molecule has 434 valence electrons. The second kappa shape index (κ2) is 24.1. The Labute approximate surface area is 460 Å². The third-order valence-corrected chi connectivity index (χ3v) is 13.1. The van der Waals surface area contributed by atoms with Crippen molar-refractivity contribution >= 4 is 65.2 Å². The van der Waals surface area contributed by atoms with Crippen molar-refractivity contribution in [2.45, 2.75) is 143 Å². The lowest BCUT2D eigenvalue weighted by molar-refractivity contribution is -0.355. The second-order valence-corrected chi connectivity index (χ2v) is 19.0. The van der Waals surface area contributed by atoms with Crippen LogP contribution in [0.1, 0.15) is 129 Å². The molecule has 2 heterocycles. The number of benzene rings is 3. The number of carbonyl (C=O) groups excluding carboxylic acids is 9. The number of phenols is 2. The first-order chi connectivity index (χ1) is 38.1. The van der Waals surface area contributed by atoms with Gasteiger partial charge in [0.25, 0.3) is 0 Å². The number of aromatic hydroxyl groups is 2. The lowest BCUT2D eigenvalue weighted by Crippen LogP contribution is -2.65. The molecule has 81 heavy (non-hydrogen) atoms. The van der Waals surface area contributed by atoms with Crippen molar-refractivity contribution in [1.29, 1.82) is 0 Å². The Kier molecular flexibility index (Phi) is 17.9. The minimum atomic E-state index is -1.98. The molecule has 2 fully saturated rings. The molecule has 2 saturated heterocycles. The highest BCUT2D eigenvalue weighted by Gasteiger charge is 2.57. The van der Waals surface area contributed by atoms with Gasteiger partial charge in [0.15, 0.2) is 66.5 Å². The van der Waals surface area contributed by atoms with Crippen LogP contribution in [0.2, 0.25) is 0 Å². The summed E-state index contributed by atoms with van der Waals surface area (Å²) in [7, 11) is 2.38. The first-order valence-corrected chi connectivity index (χ1v) is 24.8. The topological polar surface area (TPSA) is 364 Å². The summed E-state index contributed by atoms with van der Waals surface area (Å²) in [6.45, 7) is 10.6. The fourth-order valence-electron chi connectivity index (χ4n) is 10.1. The lowest BCUT2D eigenvalue weighted by atomic mass is 9.74. The minimum absolute atomic E-state index is 0.0412. The Morgan fingerprint density at radius 1 is 0.617 bits per heavy atom. The maximum Gasteiger partial charge on any atom is 0.328 e. The number of rotatable bonds is 15. The lowest BCUT2D eigenvalue weighted by Gasteiger charge is -2.48. The maximum atomic E-state index is 14.7. The highest BCUT2D eigenvalue weighted by molar-refractivity contribution is 6.31. The molecule has 2 aliphatic heterocycles. The van der Waals surface area contributed by atoms with Crippen LogP contribution in [0.15, 0.2) is 29.3 Å². The van der Waals surface area contributed by atoms with E-state index >= 15 is 0 Å². The molecule has 0 bridgehead atoms. The number of carbonyl (C=O) groups is 10. The Morgan fingerprint density at radius 2 is 1.16 bits per heavy atom. The largest absolute Gasteiger partial charge is 0.507 e. The smallest absolute Gasteiger partial charge is 0.328 e. The van der Waals surface area contributed by atoms with Crippen molar-refractivity contribution in [3.63, 3.8) is 0 Å². The number of aliphatic imine (C=N–C) groups is 1. The number of carboxylic acid groups (broad SMARTS) is 1. The molecular weight excluding hydrogens is 1080 g/mol. The maximum absolute atomic E-state index is 14.7. The Hall–Kier alpha value is -8.53. The van der Waals surface area contributed by atoms with E-state index in [1.165, 1.54) is 33.9 Å². The van der Waals surface area contributed by atoms with E-state index in [0.717, 1.165) is 73.8 Å².